The molecule has 6 heteroatoms. The maximum absolute atomic E-state index is 12.7. The van der Waals surface area contributed by atoms with Gasteiger partial charge in [0.05, 0.1) is 18.5 Å². The van der Waals surface area contributed by atoms with E-state index in [1.165, 1.54) is 0 Å². The minimum atomic E-state index is -0.274. The van der Waals surface area contributed by atoms with Gasteiger partial charge in [-0.2, -0.15) is 0 Å². The fraction of sp³-hybridized carbons (Fsp3) is 0.500. The van der Waals surface area contributed by atoms with E-state index in [-0.39, 0.29) is 23.8 Å². The smallest absolute Gasteiger partial charge is 0.240 e. The van der Waals surface area contributed by atoms with Crippen molar-refractivity contribution < 1.29 is 9.59 Å². The van der Waals surface area contributed by atoms with Crippen molar-refractivity contribution in [2.45, 2.75) is 25.9 Å². The third kappa shape index (κ3) is 3.96. The predicted molar refractivity (Wildman–Crippen MR) is 88.3 cm³/mol. The topological polar surface area (TPSA) is 66.6 Å². The summed E-state index contributed by atoms with van der Waals surface area (Å²) in [5, 5.41) is 2.01. The van der Waals surface area contributed by atoms with Crippen LogP contribution in [0.5, 0.6) is 0 Å². The van der Waals surface area contributed by atoms with Crippen molar-refractivity contribution in [3.8, 4) is 0 Å². The highest BCUT2D eigenvalue weighted by Gasteiger charge is 2.33. The van der Waals surface area contributed by atoms with E-state index in [0.29, 0.717) is 19.6 Å². The van der Waals surface area contributed by atoms with E-state index >= 15 is 0 Å². The van der Waals surface area contributed by atoms with Crippen LogP contribution >= 0.6 is 11.3 Å². The van der Waals surface area contributed by atoms with Gasteiger partial charge in [0.2, 0.25) is 11.8 Å². The van der Waals surface area contributed by atoms with Crippen molar-refractivity contribution in [2.24, 2.45) is 11.7 Å². The van der Waals surface area contributed by atoms with E-state index in [4.69, 9.17) is 5.73 Å². The fourth-order valence-electron chi connectivity index (χ4n) is 2.77. The zero-order valence-corrected chi connectivity index (χ0v) is 13.7. The Kier molecular flexibility index (Phi) is 5.74. The number of carbonyl (C=O) groups excluding carboxylic acids is 2. The molecule has 0 unspecified atom stereocenters. The molecule has 2 rings (SSSR count). The molecule has 5 nitrogen and oxygen atoms in total. The van der Waals surface area contributed by atoms with Gasteiger partial charge in [-0.25, -0.2) is 0 Å². The number of rotatable bonds is 7. The predicted octanol–water partition coefficient (Wildman–Crippen LogP) is 1.46. The molecule has 0 spiro atoms. The number of primary amides is 1. The van der Waals surface area contributed by atoms with Crippen molar-refractivity contribution in [2.75, 3.05) is 19.6 Å². The highest BCUT2D eigenvalue weighted by molar-refractivity contribution is 7.09. The van der Waals surface area contributed by atoms with Gasteiger partial charge in [0, 0.05) is 18.0 Å². The lowest BCUT2D eigenvalue weighted by molar-refractivity contribution is -0.136. The molecule has 1 aliphatic rings. The first kappa shape index (κ1) is 16.7. The molecule has 0 aromatic carbocycles. The number of hydrogen-bond acceptors (Lipinski definition) is 4. The van der Waals surface area contributed by atoms with Crippen LogP contribution in [0.1, 0.15) is 18.2 Å². The van der Waals surface area contributed by atoms with Gasteiger partial charge in [-0.3, -0.25) is 14.5 Å². The molecule has 0 radical (unpaired) electrons. The largest absolute Gasteiger partial charge is 0.369 e. The summed E-state index contributed by atoms with van der Waals surface area (Å²) in [5.74, 6) is -0.345. The van der Waals surface area contributed by atoms with E-state index in [2.05, 4.69) is 6.58 Å². The lowest BCUT2D eigenvalue weighted by atomic mass is 10.1. The number of nitrogens with two attached hydrogens (primary N) is 1. The molecule has 1 aromatic heterocycles. The molecule has 2 heterocycles. The maximum atomic E-state index is 12.7. The molecular formula is C16H23N3O2S. The average molecular weight is 321 g/mol. The van der Waals surface area contributed by atoms with Crippen LogP contribution in [0.25, 0.3) is 0 Å². The molecule has 1 fully saturated rings. The average Bonchev–Trinajstić information content (AvgIpc) is 3.16. The molecule has 1 aliphatic heterocycles. The van der Waals surface area contributed by atoms with E-state index in [1.807, 2.05) is 29.3 Å². The molecule has 1 saturated heterocycles. The van der Waals surface area contributed by atoms with Crippen LogP contribution < -0.4 is 5.73 Å². The lowest BCUT2D eigenvalue weighted by Crippen LogP contribution is -2.46. The Hall–Kier alpha value is -1.66. The molecule has 0 saturated carbocycles. The summed E-state index contributed by atoms with van der Waals surface area (Å²) in [5.41, 5.74) is 5.36. The number of hydrogen-bond donors (Lipinski definition) is 1. The first-order valence-electron chi connectivity index (χ1n) is 7.48. The minimum absolute atomic E-state index is 0.0680. The van der Waals surface area contributed by atoms with Gasteiger partial charge in [-0.05, 0) is 31.3 Å². The Morgan fingerprint density at radius 2 is 2.41 bits per heavy atom. The highest BCUT2D eigenvalue weighted by Crippen LogP contribution is 2.20. The quantitative estimate of drug-likeness (QED) is 0.773. The van der Waals surface area contributed by atoms with Gasteiger partial charge in [0.1, 0.15) is 0 Å². The van der Waals surface area contributed by atoms with Gasteiger partial charge in [0.15, 0.2) is 0 Å². The second-order valence-corrected chi connectivity index (χ2v) is 6.68. The third-order valence-electron chi connectivity index (χ3n) is 4.12. The summed E-state index contributed by atoms with van der Waals surface area (Å²) >= 11 is 1.64. The summed E-state index contributed by atoms with van der Waals surface area (Å²) in [4.78, 5) is 29.0. The van der Waals surface area contributed by atoms with Crippen molar-refractivity contribution >= 4 is 23.2 Å². The number of carbonyl (C=O) groups is 2. The van der Waals surface area contributed by atoms with Crippen molar-refractivity contribution in [1.29, 1.82) is 0 Å². The molecule has 2 N–H and O–H groups in total. The summed E-state index contributed by atoms with van der Waals surface area (Å²) in [6.45, 7) is 8.07. The van der Waals surface area contributed by atoms with Crippen LogP contribution in [0.4, 0.5) is 0 Å². The van der Waals surface area contributed by atoms with Gasteiger partial charge in [0.25, 0.3) is 0 Å². The van der Waals surface area contributed by atoms with Gasteiger partial charge in [-0.1, -0.05) is 12.1 Å². The number of thiophene rings is 1. The fourth-order valence-corrected chi connectivity index (χ4v) is 3.49. The molecular weight excluding hydrogens is 298 g/mol. The Morgan fingerprint density at radius 1 is 1.64 bits per heavy atom. The minimum Gasteiger partial charge on any atom is -0.369 e. The van der Waals surface area contributed by atoms with Gasteiger partial charge >= 0.3 is 0 Å². The first-order chi connectivity index (χ1) is 10.5. The standard InChI is InChI=1S/C16H23N3O2S/c1-3-7-19(11-14-5-4-9-22-14)16(21)12(2)18-8-6-13(10-18)15(17)20/h3-5,9,12-13H,1,6-8,10-11H2,2H3,(H2,17,20)/t12-,13+/m0/s1. The van der Waals surface area contributed by atoms with Crippen molar-refractivity contribution in [1.82, 2.24) is 9.80 Å². The van der Waals surface area contributed by atoms with Crippen LogP contribution in [-0.4, -0.2) is 47.3 Å². The second-order valence-electron chi connectivity index (χ2n) is 5.65. The zero-order chi connectivity index (χ0) is 16.1. The summed E-state index contributed by atoms with van der Waals surface area (Å²) in [7, 11) is 0. The Morgan fingerprint density at radius 3 is 2.95 bits per heavy atom. The molecule has 0 bridgehead atoms. The number of nitrogens with zero attached hydrogens (tertiary/aromatic N) is 2. The molecule has 0 aliphatic carbocycles. The van der Waals surface area contributed by atoms with Crippen LogP contribution in [0.3, 0.4) is 0 Å². The summed E-state index contributed by atoms with van der Waals surface area (Å²) in [6.07, 6.45) is 2.48. The van der Waals surface area contributed by atoms with E-state index in [9.17, 15) is 9.59 Å². The van der Waals surface area contributed by atoms with Gasteiger partial charge in [-0.15, -0.1) is 17.9 Å². The van der Waals surface area contributed by atoms with E-state index in [1.54, 1.807) is 22.3 Å². The first-order valence-corrected chi connectivity index (χ1v) is 8.36. The van der Waals surface area contributed by atoms with E-state index in [0.717, 1.165) is 17.8 Å². The summed E-state index contributed by atoms with van der Waals surface area (Å²) in [6, 6.07) is 3.76. The van der Waals surface area contributed by atoms with Crippen LogP contribution in [0, 0.1) is 5.92 Å². The SMILES string of the molecule is C=CCN(Cc1cccs1)C(=O)[C@H](C)N1CC[C@@H](C(N)=O)C1. The lowest BCUT2D eigenvalue weighted by Gasteiger charge is -2.29. The van der Waals surface area contributed by atoms with Crippen molar-refractivity contribution in [3.63, 3.8) is 0 Å². The molecule has 2 atom stereocenters. The van der Waals surface area contributed by atoms with E-state index < -0.39 is 0 Å². The molecule has 2 amide bonds. The highest BCUT2D eigenvalue weighted by atomic mass is 32.1. The summed E-state index contributed by atoms with van der Waals surface area (Å²) < 4.78 is 0. The molecule has 1 aromatic rings. The normalized spacial score (nSPS) is 19.8. The second kappa shape index (κ2) is 7.56. The van der Waals surface area contributed by atoms with Gasteiger partial charge < -0.3 is 10.6 Å². The van der Waals surface area contributed by atoms with Crippen LogP contribution in [0.2, 0.25) is 0 Å². The number of likely N-dealkylation sites (tertiary alicyclic amines) is 1. The Labute approximate surface area is 135 Å². The third-order valence-corrected chi connectivity index (χ3v) is 4.98. The molecule has 22 heavy (non-hydrogen) atoms. The monoisotopic (exact) mass is 321 g/mol. The Bertz CT molecular complexity index is 530. The van der Waals surface area contributed by atoms with Crippen LogP contribution in [-0.2, 0) is 16.1 Å². The Balaban J connectivity index is 2.00. The van der Waals surface area contributed by atoms with Crippen molar-refractivity contribution in [3.05, 3.63) is 35.0 Å². The molecule has 120 valence electrons. The maximum Gasteiger partial charge on any atom is 0.240 e. The number of amides is 2. The zero-order valence-electron chi connectivity index (χ0n) is 12.9. The van der Waals surface area contributed by atoms with Crippen LogP contribution in [0.15, 0.2) is 30.2 Å².